The van der Waals surface area contributed by atoms with Crippen LogP contribution in [0.4, 0.5) is 13.2 Å². The number of carboxylic acid groups (broad SMARTS) is 2. The first-order chi connectivity index (χ1) is 16.0. The normalized spacial score (nSPS) is 13.1. The Hall–Kier alpha value is -4.24. The summed E-state index contributed by atoms with van der Waals surface area (Å²) in [4.78, 5) is 70.8. The van der Waals surface area contributed by atoms with Gasteiger partial charge in [0.25, 0.3) is 0 Å². The number of hydrogen-bond donors (Lipinski definition) is 6. The van der Waals surface area contributed by atoms with E-state index in [0.29, 0.717) is 0 Å². The van der Waals surface area contributed by atoms with Gasteiger partial charge in [0.1, 0.15) is 18.1 Å². The minimum atomic E-state index is -5.08. The molecule has 0 aliphatic heterocycles. The van der Waals surface area contributed by atoms with Crippen LogP contribution in [0.25, 0.3) is 0 Å². The third-order valence-corrected chi connectivity index (χ3v) is 3.90. The van der Waals surface area contributed by atoms with Crippen LogP contribution in [0.3, 0.4) is 0 Å². The fourth-order valence-corrected chi connectivity index (χ4v) is 2.15. The van der Waals surface area contributed by atoms with Gasteiger partial charge >= 0.3 is 18.1 Å². The lowest BCUT2D eigenvalue weighted by atomic mass is 10.1. The van der Waals surface area contributed by atoms with Crippen LogP contribution in [0.1, 0.15) is 25.8 Å². The topological polar surface area (TPSA) is 218 Å². The maximum atomic E-state index is 12.1. The minimum absolute atomic E-state index is 0.0591. The van der Waals surface area contributed by atoms with Gasteiger partial charge < -0.3 is 31.9 Å². The molecule has 16 heteroatoms. The molecule has 0 spiro atoms. The van der Waals surface area contributed by atoms with E-state index in [0.717, 1.165) is 5.56 Å². The van der Waals surface area contributed by atoms with E-state index in [2.05, 4.69) is 20.9 Å². The summed E-state index contributed by atoms with van der Waals surface area (Å²) in [5, 5.41) is 23.1. The number of nitrogens with two attached hydrogens (primary N) is 1. The minimum Gasteiger partial charge on any atom is -0.480 e. The lowest BCUT2D eigenvalue weighted by molar-refractivity contribution is -0.192. The van der Waals surface area contributed by atoms with E-state index in [1.54, 1.807) is 24.5 Å². The van der Waals surface area contributed by atoms with Crippen molar-refractivity contribution in [3.63, 3.8) is 0 Å². The van der Waals surface area contributed by atoms with Crippen molar-refractivity contribution in [1.29, 1.82) is 0 Å². The Kier molecular flexibility index (Phi) is 12.4. The van der Waals surface area contributed by atoms with E-state index in [1.165, 1.54) is 13.8 Å². The monoisotopic (exact) mass is 507 g/mol. The fourth-order valence-electron chi connectivity index (χ4n) is 2.15. The molecule has 0 aliphatic carbocycles. The molecule has 13 nitrogen and oxygen atoms in total. The highest BCUT2D eigenvalue weighted by molar-refractivity contribution is 5.94. The molecule has 0 saturated carbocycles. The van der Waals surface area contributed by atoms with Crippen molar-refractivity contribution < 1.29 is 52.2 Å². The zero-order valence-corrected chi connectivity index (χ0v) is 18.5. The molecule has 194 valence electrons. The van der Waals surface area contributed by atoms with E-state index in [1.807, 2.05) is 0 Å². The number of carboxylic acids is 2. The quantitative estimate of drug-likeness (QED) is 0.222. The third kappa shape index (κ3) is 13.2. The summed E-state index contributed by atoms with van der Waals surface area (Å²) in [5.41, 5.74) is 5.66. The summed E-state index contributed by atoms with van der Waals surface area (Å²) in [6.45, 7) is 2.78. The molecule has 1 rings (SSSR count). The molecule has 1 aromatic rings. The van der Waals surface area contributed by atoms with Gasteiger partial charge in [0.2, 0.25) is 23.6 Å². The predicted octanol–water partition coefficient (Wildman–Crippen LogP) is -1.29. The smallest absolute Gasteiger partial charge is 0.480 e. The zero-order chi connectivity index (χ0) is 27.3. The van der Waals surface area contributed by atoms with Crippen LogP contribution in [-0.2, 0) is 35.2 Å². The van der Waals surface area contributed by atoms with E-state index >= 15 is 0 Å². The van der Waals surface area contributed by atoms with Gasteiger partial charge in [0, 0.05) is 12.4 Å². The van der Waals surface area contributed by atoms with E-state index < -0.39 is 66.3 Å². The molecule has 0 aromatic carbocycles. The second-order valence-electron chi connectivity index (χ2n) is 6.92. The highest BCUT2D eigenvalue weighted by atomic mass is 19.4. The van der Waals surface area contributed by atoms with Crippen LogP contribution in [-0.4, -0.2) is 75.1 Å². The van der Waals surface area contributed by atoms with Crippen molar-refractivity contribution in [2.45, 2.75) is 51.0 Å². The number of nitrogens with zero attached hydrogens (tertiary/aromatic N) is 1. The van der Waals surface area contributed by atoms with Crippen molar-refractivity contribution in [3.05, 3.63) is 30.1 Å². The first kappa shape index (κ1) is 30.8. The van der Waals surface area contributed by atoms with Gasteiger partial charge in [-0.2, -0.15) is 13.2 Å². The molecule has 1 aromatic heterocycles. The molecule has 0 fully saturated rings. The molecular formula is C19H24F3N5O8. The van der Waals surface area contributed by atoms with Gasteiger partial charge in [-0.25, -0.2) is 9.59 Å². The van der Waals surface area contributed by atoms with Gasteiger partial charge in [-0.3, -0.25) is 24.2 Å². The number of carbonyl (C=O) groups is 6. The molecule has 4 amide bonds. The SMILES string of the molecule is C[C@@H](NC(=O)Cc1ccncc1)C(=O)N[C@H](C)C(=O)N[C@@H](CC(N)=O)C(=O)O.O=C(O)C(F)(F)F. The molecule has 7 N–H and O–H groups in total. The van der Waals surface area contributed by atoms with Crippen LogP contribution in [0.2, 0.25) is 0 Å². The van der Waals surface area contributed by atoms with Crippen molar-refractivity contribution in [2.24, 2.45) is 5.73 Å². The molecule has 1 heterocycles. The van der Waals surface area contributed by atoms with E-state index in [9.17, 15) is 37.1 Å². The number of aromatic nitrogens is 1. The average Bonchev–Trinajstić information content (AvgIpc) is 2.72. The predicted molar refractivity (Wildman–Crippen MR) is 110 cm³/mol. The lowest BCUT2D eigenvalue weighted by Gasteiger charge is -2.20. The van der Waals surface area contributed by atoms with Crippen LogP contribution in [0.15, 0.2) is 24.5 Å². The Bertz CT molecular complexity index is 927. The number of halogens is 3. The number of alkyl halides is 3. The van der Waals surface area contributed by atoms with Crippen molar-refractivity contribution in [3.8, 4) is 0 Å². The standard InChI is InChI=1S/C17H23N5O6.C2HF3O2/c1-9(20-14(24)7-11-3-5-19-6-4-11)15(25)21-10(2)16(26)22-12(17(27)28)8-13(18)23;3-2(4,5)1(6)7/h3-6,9-10,12H,7-8H2,1-2H3,(H2,18,23)(H,20,24)(H,21,25)(H,22,26)(H,27,28);(H,6,7)/t9-,10-,12+;/m1./s1. The number of pyridine rings is 1. The summed E-state index contributed by atoms with van der Waals surface area (Å²) in [7, 11) is 0. The van der Waals surface area contributed by atoms with Crippen LogP contribution in [0, 0.1) is 0 Å². The van der Waals surface area contributed by atoms with Crippen molar-refractivity contribution >= 4 is 35.6 Å². The Morgan fingerprint density at radius 3 is 1.83 bits per heavy atom. The number of hydrogen-bond acceptors (Lipinski definition) is 7. The molecule has 0 aliphatic rings. The van der Waals surface area contributed by atoms with Gasteiger partial charge in [0.15, 0.2) is 0 Å². The third-order valence-electron chi connectivity index (χ3n) is 3.90. The van der Waals surface area contributed by atoms with Gasteiger partial charge in [-0.1, -0.05) is 0 Å². The average molecular weight is 507 g/mol. The summed E-state index contributed by atoms with van der Waals surface area (Å²) in [6.07, 6.45) is -2.52. The second kappa shape index (κ2) is 14.1. The van der Waals surface area contributed by atoms with Crippen LogP contribution < -0.4 is 21.7 Å². The van der Waals surface area contributed by atoms with Gasteiger partial charge in [-0.05, 0) is 31.5 Å². The molecule has 3 atom stereocenters. The first-order valence-corrected chi connectivity index (χ1v) is 9.64. The number of rotatable bonds is 10. The van der Waals surface area contributed by atoms with E-state index in [-0.39, 0.29) is 6.42 Å². The molecule has 0 saturated heterocycles. The molecule has 0 radical (unpaired) electrons. The summed E-state index contributed by atoms with van der Waals surface area (Å²) in [5.74, 6) is -6.91. The summed E-state index contributed by atoms with van der Waals surface area (Å²) in [6, 6.07) is -0.183. The Morgan fingerprint density at radius 2 is 1.40 bits per heavy atom. The number of primary amides is 1. The highest BCUT2D eigenvalue weighted by Gasteiger charge is 2.38. The van der Waals surface area contributed by atoms with Crippen molar-refractivity contribution in [2.75, 3.05) is 0 Å². The number of carbonyl (C=O) groups excluding carboxylic acids is 4. The highest BCUT2D eigenvalue weighted by Crippen LogP contribution is 2.13. The lowest BCUT2D eigenvalue weighted by Crippen LogP contribution is -2.54. The molecular weight excluding hydrogens is 483 g/mol. The second-order valence-corrected chi connectivity index (χ2v) is 6.92. The number of aliphatic carboxylic acids is 2. The molecule has 0 bridgehead atoms. The van der Waals surface area contributed by atoms with E-state index in [4.69, 9.17) is 20.7 Å². The zero-order valence-electron chi connectivity index (χ0n) is 18.5. The van der Waals surface area contributed by atoms with Crippen molar-refractivity contribution in [1.82, 2.24) is 20.9 Å². The molecule has 0 unspecified atom stereocenters. The Labute approximate surface area is 196 Å². The van der Waals surface area contributed by atoms with Crippen LogP contribution >= 0.6 is 0 Å². The first-order valence-electron chi connectivity index (χ1n) is 9.64. The summed E-state index contributed by atoms with van der Waals surface area (Å²) >= 11 is 0. The van der Waals surface area contributed by atoms with Gasteiger partial charge in [-0.15, -0.1) is 0 Å². The maximum absolute atomic E-state index is 12.1. The molecule has 35 heavy (non-hydrogen) atoms. The summed E-state index contributed by atoms with van der Waals surface area (Å²) < 4.78 is 31.7. The maximum Gasteiger partial charge on any atom is 0.490 e. The van der Waals surface area contributed by atoms with Crippen LogP contribution in [0.5, 0.6) is 0 Å². The Morgan fingerprint density at radius 1 is 0.943 bits per heavy atom. The number of amides is 4. The largest absolute Gasteiger partial charge is 0.490 e. The fraction of sp³-hybridized carbons (Fsp3) is 0.421. The Balaban J connectivity index is 0.00000143. The van der Waals surface area contributed by atoms with Gasteiger partial charge in [0.05, 0.1) is 12.8 Å². The number of nitrogens with one attached hydrogen (secondary N) is 3.